The normalized spacial score (nSPS) is 16.7. The fourth-order valence-electron chi connectivity index (χ4n) is 2.85. The van der Waals surface area contributed by atoms with Gasteiger partial charge in [-0.1, -0.05) is 32.1 Å². The molecule has 1 aromatic rings. The van der Waals surface area contributed by atoms with Crippen molar-refractivity contribution in [3.05, 3.63) is 18.0 Å². The molecule has 1 N–H and O–H groups in total. The summed E-state index contributed by atoms with van der Waals surface area (Å²) in [5, 5.41) is 6.18. The molecule has 0 aliphatic heterocycles. The van der Waals surface area contributed by atoms with E-state index in [2.05, 4.69) is 10.4 Å². The van der Waals surface area contributed by atoms with Crippen LogP contribution in [-0.4, -0.2) is 22.2 Å². The minimum atomic E-state index is -4.42. The number of hydrogen-bond donors (Lipinski definition) is 1. The van der Waals surface area contributed by atoms with Crippen LogP contribution >= 0.6 is 0 Å². The Morgan fingerprint density at radius 3 is 2.68 bits per heavy atom. The number of nitrogens with zero attached hydrogens (tertiary/aromatic N) is 2. The number of alkyl halides is 3. The number of amides is 1. The molecule has 0 unspecified atom stereocenters. The first kappa shape index (κ1) is 16.8. The lowest BCUT2D eigenvalue weighted by Crippen LogP contribution is -2.27. The zero-order valence-corrected chi connectivity index (χ0v) is 12.5. The third kappa shape index (κ3) is 5.35. The number of hydrogen-bond acceptors (Lipinski definition) is 2. The molecule has 1 amide bonds. The van der Waals surface area contributed by atoms with Gasteiger partial charge in [-0.2, -0.15) is 18.3 Å². The van der Waals surface area contributed by atoms with Crippen molar-refractivity contribution < 1.29 is 18.0 Å². The first-order chi connectivity index (χ1) is 10.4. The molecular formula is C15H22F3N3O. The Balaban J connectivity index is 1.63. The van der Waals surface area contributed by atoms with E-state index in [1.165, 1.54) is 43.0 Å². The zero-order chi connectivity index (χ0) is 16.0. The van der Waals surface area contributed by atoms with Crippen molar-refractivity contribution in [1.82, 2.24) is 15.1 Å². The van der Waals surface area contributed by atoms with Crippen LogP contribution in [-0.2, 0) is 17.5 Å². The van der Waals surface area contributed by atoms with Crippen molar-refractivity contribution in [3.63, 3.8) is 0 Å². The number of rotatable bonds is 6. The number of carbonyl (C=O) groups excluding carboxylic acids is 1. The van der Waals surface area contributed by atoms with Crippen LogP contribution in [0.15, 0.2) is 12.3 Å². The highest BCUT2D eigenvalue weighted by Crippen LogP contribution is 2.27. The molecule has 1 aromatic heterocycles. The van der Waals surface area contributed by atoms with E-state index in [4.69, 9.17) is 0 Å². The van der Waals surface area contributed by atoms with Crippen LogP contribution in [0.1, 0.15) is 50.6 Å². The van der Waals surface area contributed by atoms with Crippen molar-refractivity contribution in [2.45, 2.75) is 57.7 Å². The van der Waals surface area contributed by atoms with Crippen molar-refractivity contribution in [2.24, 2.45) is 5.92 Å². The van der Waals surface area contributed by atoms with Gasteiger partial charge in [0, 0.05) is 19.2 Å². The second kappa shape index (κ2) is 7.65. The van der Waals surface area contributed by atoms with E-state index < -0.39 is 11.9 Å². The Hall–Kier alpha value is -1.53. The lowest BCUT2D eigenvalue weighted by Gasteiger charge is -2.20. The number of aromatic nitrogens is 2. The molecule has 0 spiro atoms. The topological polar surface area (TPSA) is 46.9 Å². The van der Waals surface area contributed by atoms with Gasteiger partial charge in [0.1, 0.15) is 0 Å². The summed E-state index contributed by atoms with van der Waals surface area (Å²) in [7, 11) is 0. The Morgan fingerprint density at radius 2 is 2.05 bits per heavy atom. The Morgan fingerprint density at radius 1 is 1.32 bits per heavy atom. The minimum absolute atomic E-state index is 0.0335. The van der Waals surface area contributed by atoms with Crippen LogP contribution in [0.3, 0.4) is 0 Å². The lowest BCUT2D eigenvalue weighted by atomic mass is 9.86. The predicted octanol–water partition coefficient (Wildman–Crippen LogP) is 3.38. The smallest absolute Gasteiger partial charge is 0.354 e. The maximum Gasteiger partial charge on any atom is 0.435 e. The van der Waals surface area contributed by atoms with Gasteiger partial charge in [0.15, 0.2) is 5.69 Å². The van der Waals surface area contributed by atoms with Crippen LogP contribution in [0, 0.1) is 5.92 Å². The highest BCUT2D eigenvalue weighted by molar-refractivity contribution is 5.75. The molecule has 7 heteroatoms. The molecule has 2 rings (SSSR count). The van der Waals surface area contributed by atoms with Crippen molar-refractivity contribution >= 4 is 5.91 Å². The van der Waals surface area contributed by atoms with Crippen molar-refractivity contribution in [1.29, 1.82) is 0 Å². The molecule has 124 valence electrons. The van der Waals surface area contributed by atoms with Gasteiger partial charge in [0.2, 0.25) is 5.91 Å². The number of nitrogens with one attached hydrogen (secondary N) is 1. The molecule has 1 aliphatic rings. The van der Waals surface area contributed by atoms with E-state index in [-0.39, 0.29) is 12.5 Å². The van der Waals surface area contributed by atoms with E-state index in [1.54, 1.807) is 0 Å². The Bertz CT molecular complexity index is 479. The molecule has 0 aromatic carbocycles. The SMILES string of the molecule is O=C(CCC1CCCCC1)NCCn1ccc(C(F)(F)F)n1. The predicted molar refractivity (Wildman–Crippen MR) is 76.0 cm³/mol. The minimum Gasteiger partial charge on any atom is -0.354 e. The molecule has 22 heavy (non-hydrogen) atoms. The molecule has 0 atom stereocenters. The lowest BCUT2D eigenvalue weighted by molar-refractivity contribution is -0.141. The largest absolute Gasteiger partial charge is 0.435 e. The molecule has 0 bridgehead atoms. The summed E-state index contributed by atoms with van der Waals surface area (Å²) in [6.45, 7) is 0.535. The summed E-state index contributed by atoms with van der Waals surface area (Å²) in [6.07, 6.45) is 4.49. The van der Waals surface area contributed by atoms with Gasteiger partial charge >= 0.3 is 6.18 Å². The first-order valence-electron chi connectivity index (χ1n) is 7.82. The van der Waals surface area contributed by atoms with Gasteiger partial charge < -0.3 is 5.32 Å². The maximum absolute atomic E-state index is 12.4. The van der Waals surface area contributed by atoms with Gasteiger partial charge in [0.25, 0.3) is 0 Å². The molecule has 1 heterocycles. The third-order valence-corrected chi connectivity index (χ3v) is 4.10. The summed E-state index contributed by atoms with van der Waals surface area (Å²) in [5.74, 6) is 0.619. The number of carbonyl (C=O) groups is 1. The van der Waals surface area contributed by atoms with Gasteiger partial charge in [-0.3, -0.25) is 9.48 Å². The van der Waals surface area contributed by atoms with E-state index in [1.807, 2.05) is 0 Å². The summed E-state index contributed by atoms with van der Waals surface area (Å²) in [4.78, 5) is 11.7. The number of halogens is 3. The Labute approximate surface area is 128 Å². The van der Waals surface area contributed by atoms with E-state index in [9.17, 15) is 18.0 Å². The highest BCUT2D eigenvalue weighted by atomic mass is 19.4. The van der Waals surface area contributed by atoms with E-state index >= 15 is 0 Å². The Kier molecular flexibility index (Phi) is 5.85. The average Bonchev–Trinajstić information content (AvgIpc) is 2.95. The van der Waals surface area contributed by atoms with Crippen LogP contribution in [0.4, 0.5) is 13.2 Å². The average molecular weight is 317 g/mol. The fraction of sp³-hybridized carbons (Fsp3) is 0.733. The monoisotopic (exact) mass is 317 g/mol. The van der Waals surface area contributed by atoms with Gasteiger partial charge in [-0.05, 0) is 18.4 Å². The molecule has 1 saturated carbocycles. The summed E-state index contributed by atoms with van der Waals surface area (Å²) in [6, 6.07) is 0.935. The fourth-order valence-corrected chi connectivity index (χ4v) is 2.85. The molecular weight excluding hydrogens is 295 g/mol. The van der Waals surface area contributed by atoms with Crippen molar-refractivity contribution in [3.8, 4) is 0 Å². The van der Waals surface area contributed by atoms with Gasteiger partial charge in [0.05, 0.1) is 6.54 Å². The van der Waals surface area contributed by atoms with E-state index in [0.717, 1.165) is 12.5 Å². The quantitative estimate of drug-likeness (QED) is 0.874. The van der Waals surface area contributed by atoms with Crippen molar-refractivity contribution in [2.75, 3.05) is 6.54 Å². The second-order valence-electron chi connectivity index (χ2n) is 5.85. The second-order valence-corrected chi connectivity index (χ2v) is 5.85. The molecule has 4 nitrogen and oxygen atoms in total. The highest BCUT2D eigenvalue weighted by Gasteiger charge is 2.33. The summed E-state index contributed by atoms with van der Waals surface area (Å²) >= 11 is 0. The molecule has 0 radical (unpaired) electrons. The summed E-state index contributed by atoms with van der Waals surface area (Å²) < 4.78 is 38.3. The van der Waals surface area contributed by atoms with E-state index in [0.29, 0.717) is 18.9 Å². The molecule has 1 aliphatic carbocycles. The zero-order valence-electron chi connectivity index (χ0n) is 12.5. The van der Waals surface area contributed by atoms with Crippen LogP contribution in [0.5, 0.6) is 0 Å². The third-order valence-electron chi connectivity index (χ3n) is 4.10. The first-order valence-corrected chi connectivity index (χ1v) is 7.82. The molecule has 1 fully saturated rings. The summed E-state index contributed by atoms with van der Waals surface area (Å²) in [5.41, 5.74) is -0.906. The standard InChI is InChI=1S/C15H22F3N3O/c16-15(17,18)13-8-10-21(20-13)11-9-19-14(22)7-6-12-4-2-1-3-5-12/h8,10,12H,1-7,9,11H2,(H,19,22). The van der Waals surface area contributed by atoms with Crippen LogP contribution in [0.2, 0.25) is 0 Å². The van der Waals surface area contributed by atoms with Gasteiger partial charge in [-0.25, -0.2) is 0 Å². The van der Waals surface area contributed by atoms with Crippen LogP contribution in [0.25, 0.3) is 0 Å². The maximum atomic E-state index is 12.4. The van der Waals surface area contributed by atoms with Crippen LogP contribution < -0.4 is 5.32 Å². The molecule has 0 saturated heterocycles. The van der Waals surface area contributed by atoms with Gasteiger partial charge in [-0.15, -0.1) is 0 Å².